The van der Waals surface area contributed by atoms with Gasteiger partial charge in [0.2, 0.25) is 0 Å². The summed E-state index contributed by atoms with van der Waals surface area (Å²) in [7, 11) is 4.19. The molecule has 25 heavy (non-hydrogen) atoms. The van der Waals surface area contributed by atoms with Gasteiger partial charge >= 0.3 is 6.03 Å². The standard InChI is InChI=1S/C17H18F2N2O4/c1-23-14-5-4-10(6-15(14)24-2)9-20-17(22)21-11-7-12(18)16(25-3)13(19)8-11/h4-8H,9H2,1-3H3,(H2,20,21,22). The molecule has 6 nitrogen and oxygen atoms in total. The Balaban J connectivity index is 1.99. The van der Waals surface area contributed by atoms with Crippen LogP contribution in [0.15, 0.2) is 30.3 Å². The van der Waals surface area contributed by atoms with Gasteiger partial charge in [-0.05, 0) is 17.7 Å². The second-order valence-corrected chi connectivity index (χ2v) is 4.97. The molecule has 0 saturated carbocycles. The van der Waals surface area contributed by atoms with Crippen LogP contribution in [-0.2, 0) is 6.54 Å². The van der Waals surface area contributed by atoms with Crippen LogP contribution in [0.2, 0.25) is 0 Å². The second kappa shape index (κ2) is 8.18. The van der Waals surface area contributed by atoms with Crippen molar-refractivity contribution in [2.75, 3.05) is 26.6 Å². The molecule has 2 aromatic carbocycles. The van der Waals surface area contributed by atoms with E-state index < -0.39 is 23.4 Å². The number of halogens is 2. The SMILES string of the molecule is COc1ccc(CNC(=O)Nc2cc(F)c(OC)c(F)c2)cc1OC. The average molecular weight is 352 g/mol. The highest BCUT2D eigenvalue weighted by Crippen LogP contribution is 2.27. The van der Waals surface area contributed by atoms with Crippen LogP contribution in [0.1, 0.15) is 5.56 Å². The molecule has 0 aliphatic rings. The lowest BCUT2D eigenvalue weighted by Crippen LogP contribution is -2.28. The van der Waals surface area contributed by atoms with E-state index in [9.17, 15) is 13.6 Å². The molecule has 0 atom stereocenters. The fourth-order valence-electron chi connectivity index (χ4n) is 2.18. The number of carbonyl (C=O) groups is 1. The molecule has 0 heterocycles. The number of rotatable bonds is 6. The maximum atomic E-state index is 13.6. The molecular formula is C17H18F2N2O4. The van der Waals surface area contributed by atoms with Crippen LogP contribution in [0.5, 0.6) is 17.2 Å². The molecule has 2 aromatic rings. The zero-order valence-electron chi connectivity index (χ0n) is 14.0. The molecule has 0 fully saturated rings. The van der Waals surface area contributed by atoms with Crippen molar-refractivity contribution in [3.05, 3.63) is 47.5 Å². The van der Waals surface area contributed by atoms with Gasteiger partial charge in [0, 0.05) is 24.4 Å². The molecule has 0 unspecified atom stereocenters. The molecule has 2 amide bonds. The highest BCUT2D eigenvalue weighted by Gasteiger charge is 2.13. The van der Waals surface area contributed by atoms with Crippen molar-refractivity contribution in [2.24, 2.45) is 0 Å². The summed E-state index contributed by atoms with van der Waals surface area (Å²) >= 11 is 0. The number of hydrogen-bond acceptors (Lipinski definition) is 4. The predicted octanol–water partition coefficient (Wildman–Crippen LogP) is 3.31. The lowest BCUT2D eigenvalue weighted by atomic mass is 10.2. The van der Waals surface area contributed by atoms with Gasteiger partial charge in [0.15, 0.2) is 28.9 Å². The van der Waals surface area contributed by atoms with Crippen LogP contribution in [0.3, 0.4) is 0 Å². The number of benzene rings is 2. The Labute approximate surface area is 143 Å². The molecule has 0 bridgehead atoms. The number of ether oxygens (including phenoxy) is 3. The Kier molecular flexibility index (Phi) is 5.99. The molecule has 2 N–H and O–H groups in total. The van der Waals surface area contributed by atoms with Crippen molar-refractivity contribution in [1.29, 1.82) is 0 Å². The van der Waals surface area contributed by atoms with Crippen molar-refractivity contribution in [3.8, 4) is 17.2 Å². The number of hydrogen-bond donors (Lipinski definition) is 2. The van der Waals surface area contributed by atoms with E-state index in [1.54, 1.807) is 18.2 Å². The smallest absolute Gasteiger partial charge is 0.319 e. The molecule has 0 spiro atoms. The first kappa shape index (κ1) is 18.3. The summed E-state index contributed by atoms with van der Waals surface area (Å²) in [4.78, 5) is 11.9. The maximum Gasteiger partial charge on any atom is 0.319 e. The van der Waals surface area contributed by atoms with Crippen LogP contribution in [0, 0.1) is 11.6 Å². The summed E-state index contributed by atoms with van der Waals surface area (Å²) in [5.41, 5.74) is 0.737. The first-order valence-corrected chi connectivity index (χ1v) is 7.27. The normalized spacial score (nSPS) is 10.1. The van der Waals surface area contributed by atoms with Crippen molar-refractivity contribution in [1.82, 2.24) is 5.32 Å². The third kappa shape index (κ3) is 4.50. The van der Waals surface area contributed by atoms with Crippen LogP contribution >= 0.6 is 0 Å². The Morgan fingerprint density at radius 3 is 2.16 bits per heavy atom. The Morgan fingerprint density at radius 2 is 1.60 bits per heavy atom. The number of urea groups is 1. The quantitative estimate of drug-likeness (QED) is 0.837. The van der Waals surface area contributed by atoms with Crippen LogP contribution < -0.4 is 24.8 Å². The van der Waals surface area contributed by atoms with Gasteiger partial charge in [0.25, 0.3) is 0 Å². The third-order valence-electron chi connectivity index (χ3n) is 3.36. The number of amides is 2. The summed E-state index contributed by atoms with van der Waals surface area (Å²) in [6, 6.07) is 6.51. The number of methoxy groups -OCH3 is 3. The summed E-state index contributed by atoms with van der Waals surface area (Å²) < 4.78 is 42.1. The zero-order chi connectivity index (χ0) is 18.4. The third-order valence-corrected chi connectivity index (χ3v) is 3.36. The van der Waals surface area contributed by atoms with E-state index in [2.05, 4.69) is 15.4 Å². The molecule has 0 aliphatic carbocycles. The van der Waals surface area contributed by atoms with Crippen molar-refractivity contribution < 1.29 is 27.8 Å². The monoisotopic (exact) mass is 352 g/mol. The fraction of sp³-hybridized carbons (Fsp3) is 0.235. The largest absolute Gasteiger partial charge is 0.493 e. The topological polar surface area (TPSA) is 68.8 Å². The first-order chi connectivity index (χ1) is 12.0. The first-order valence-electron chi connectivity index (χ1n) is 7.27. The van der Waals surface area contributed by atoms with Crippen molar-refractivity contribution in [3.63, 3.8) is 0 Å². The highest BCUT2D eigenvalue weighted by atomic mass is 19.1. The van der Waals surface area contributed by atoms with E-state index in [1.807, 2.05) is 0 Å². The van der Waals surface area contributed by atoms with Gasteiger partial charge < -0.3 is 24.8 Å². The minimum absolute atomic E-state index is 0.0272. The van der Waals surface area contributed by atoms with Gasteiger partial charge in [0.05, 0.1) is 21.3 Å². The second-order valence-electron chi connectivity index (χ2n) is 4.97. The minimum atomic E-state index is -0.905. The average Bonchev–Trinajstić information content (AvgIpc) is 2.59. The molecule has 8 heteroatoms. The van der Waals surface area contributed by atoms with Crippen LogP contribution in [0.25, 0.3) is 0 Å². The minimum Gasteiger partial charge on any atom is -0.493 e. The molecule has 0 saturated heterocycles. The Bertz CT molecular complexity index is 745. The zero-order valence-corrected chi connectivity index (χ0v) is 14.0. The summed E-state index contributed by atoms with van der Waals surface area (Å²) in [6.45, 7) is 0.188. The van der Waals surface area contributed by atoms with E-state index >= 15 is 0 Å². The van der Waals surface area contributed by atoms with Gasteiger partial charge in [-0.25, -0.2) is 13.6 Å². The van der Waals surface area contributed by atoms with Crippen molar-refractivity contribution in [2.45, 2.75) is 6.54 Å². The van der Waals surface area contributed by atoms with E-state index in [-0.39, 0.29) is 12.2 Å². The number of nitrogens with one attached hydrogen (secondary N) is 2. The Morgan fingerprint density at radius 1 is 0.960 bits per heavy atom. The van der Waals surface area contributed by atoms with Crippen LogP contribution in [-0.4, -0.2) is 27.4 Å². The molecule has 134 valence electrons. The van der Waals surface area contributed by atoms with Gasteiger partial charge in [0.1, 0.15) is 0 Å². The van der Waals surface area contributed by atoms with Gasteiger partial charge in [-0.15, -0.1) is 0 Å². The van der Waals surface area contributed by atoms with Gasteiger partial charge in [-0.1, -0.05) is 6.07 Å². The molecule has 0 aromatic heterocycles. The molecule has 0 radical (unpaired) electrons. The van der Waals surface area contributed by atoms with Crippen molar-refractivity contribution >= 4 is 11.7 Å². The molecular weight excluding hydrogens is 334 g/mol. The van der Waals surface area contributed by atoms with Gasteiger partial charge in [-0.3, -0.25) is 0 Å². The van der Waals surface area contributed by atoms with E-state index in [4.69, 9.17) is 9.47 Å². The van der Waals surface area contributed by atoms with Crippen LogP contribution in [0.4, 0.5) is 19.3 Å². The predicted molar refractivity (Wildman–Crippen MR) is 88.3 cm³/mol. The Hall–Kier alpha value is -3.03. The van der Waals surface area contributed by atoms with E-state index in [0.717, 1.165) is 24.8 Å². The lowest BCUT2D eigenvalue weighted by Gasteiger charge is -2.12. The maximum absolute atomic E-state index is 13.6. The molecule has 0 aliphatic heterocycles. The molecule has 2 rings (SSSR count). The summed E-state index contributed by atoms with van der Waals surface area (Å²) in [6.07, 6.45) is 0. The number of anilines is 1. The summed E-state index contributed by atoms with van der Waals surface area (Å²) in [5, 5.41) is 4.94. The fourth-order valence-corrected chi connectivity index (χ4v) is 2.18. The lowest BCUT2D eigenvalue weighted by molar-refractivity contribution is 0.251. The highest BCUT2D eigenvalue weighted by molar-refractivity contribution is 5.89. The number of carbonyl (C=O) groups excluding carboxylic acids is 1. The van der Waals surface area contributed by atoms with Gasteiger partial charge in [-0.2, -0.15) is 0 Å². The summed E-state index contributed by atoms with van der Waals surface area (Å²) in [5.74, 6) is -1.21. The van der Waals surface area contributed by atoms with E-state index in [1.165, 1.54) is 14.2 Å². The van der Waals surface area contributed by atoms with E-state index in [0.29, 0.717) is 11.5 Å².